The van der Waals surface area contributed by atoms with Crippen LogP contribution in [0.1, 0.15) is 28.5 Å². The molecule has 0 unspecified atom stereocenters. The third-order valence-electron chi connectivity index (χ3n) is 3.10. The fourth-order valence-corrected chi connectivity index (χ4v) is 2.12. The largest absolute Gasteiger partial charge is 0.310 e. The maximum absolute atomic E-state index is 12.0. The van der Waals surface area contributed by atoms with Gasteiger partial charge in [-0.25, -0.2) is 10.4 Å². The number of hydrogen-bond donors (Lipinski definition) is 2. The number of benzene rings is 1. The number of nitrogens with one attached hydrogen (secondary N) is 2. The van der Waals surface area contributed by atoms with Crippen LogP contribution in [0.25, 0.3) is 0 Å². The van der Waals surface area contributed by atoms with Crippen LogP contribution in [0.15, 0.2) is 58.8 Å². The van der Waals surface area contributed by atoms with Gasteiger partial charge >= 0.3 is 0 Å². The molecular formula is C16H13N5O2. The van der Waals surface area contributed by atoms with Crippen LogP contribution < -0.4 is 10.7 Å². The zero-order valence-electron chi connectivity index (χ0n) is 12.3. The highest BCUT2D eigenvalue weighted by atomic mass is 16.2. The fraction of sp³-hybridized carbons (Fsp3) is 0.0625. The predicted octanol–water partition coefficient (Wildman–Crippen LogP) is 1.07. The number of aromatic nitrogens is 1. The topological polar surface area (TPSA) is 95.8 Å². The van der Waals surface area contributed by atoms with Gasteiger partial charge in [-0.2, -0.15) is 5.10 Å². The zero-order chi connectivity index (χ0) is 16.2. The summed E-state index contributed by atoms with van der Waals surface area (Å²) in [6, 6.07) is 12.3. The van der Waals surface area contributed by atoms with E-state index in [-0.39, 0.29) is 11.6 Å². The van der Waals surface area contributed by atoms with Gasteiger partial charge in [0, 0.05) is 24.2 Å². The molecule has 0 radical (unpaired) electrons. The van der Waals surface area contributed by atoms with Crippen LogP contribution in [0.3, 0.4) is 0 Å². The first kappa shape index (κ1) is 14.6. The minimum atomic E-state index is -0.432. The molecule has 0 spiro atoms. The Morgan fingerprint density at radius 2 is 1.78 bits per heavy atom. The number of pyridine rings is 1. The summed E-state index contributed by atoms with van der Waals surface area (Å²) >= 11 is 0. The highest BCUT2D eigenvalue weighted by molar-refractivity contribution is 6.25. The van der Waals surface area contributed by atoms with Crippen molar-refractivity contribution in [1.82, 2.24) is 15.7 Å². The molecule has 23 heavy (non-hydrogen) atoms. The molecule has 0 saturated carbocycles. The monoisotopic (exact) mass is 307 g/mol. The zero-order valence-corrected chi connectivity index (χ0v) is 12.3. The number of fused-ring (bicyclic) bond motifs is 1. The lowest BCUT2D eigenvalue weighted by molar-refractivity contribution is -0.117. The quantitative estimate of drug-likeness (QED) is 0.812. The van der Waals surface area contributed by atoms with Gasteiger partial charge in [0.2, 0.25) is 5.91 Å². The number of carbonyl (C=O) groups excluding carboxylic acids is 2. The van der Waals surface area contributed by atoms with Crippen molar-refractivity contribution in [2.75, 3.05) is 0 Å². The number of hydrazone groups is 1. The average molecular weight is 307 g/mol. The van der Waals surface area contributed by atoms with E-state index >= 15 is 0 Å². The van der Waals surface area contributed by atoms with Gasteiger partial charge in [-0.05, 0) is 12.1 Å². The lowest BCUT2D eigenvalue weighted by Gasteiger charge is -2.02. The molecule has 0 aliphatic carbocycles. The molecule has 1 aliphatic heterocycles. The first-order valence-corrected chi connectivity index (χ1v) is 6.90. The van der Waals surface area contributed by atoms with Crippen molar-refractivity contribution in [2.24, 2.45) is 10.1 Å². The van der Waals surface area contributed by atoms with Gasteiger partial charge < -0.3 is 5.32 Å². The summed E-state index contributed by atoms with van der Waals surface area (Å²) in [4.78, 5) is 31.4. The van der Waals surface area contributed by atoms with E-state index in [9.17, 15) is 9.59 Å². The van der Waals surface area contributed by atoms with Crippen LogP contribution in [0, 0.1) is 0 Å². The van der Waals surface area contributed by atoms with Crippen molar-refractivity contribution in [2.45, 2.75) is 6.92 Å². The number of amidine groups is 2. The highest BCUT2D eigenvalue weighted by Gasteiger charge is 2.22. The first-order chi connectivity index (χ1) is 11.1. The van der Waals surface area contributed by atoms with Crippen LogP contribution in [0.2, 0.25) is 0 Å². The number of amides is 2. The Labute approximate surface area is 132 Å². The van der Waals surface area contributed by atoms with Gasteiger partial charge in [0.25, 0.3) is 5.91 Å². The van der Waals surface area contributed by atoms with Crippen LogP contribution in [-0.2, 0) is 4.79 Å². The van der Waals surface area contributed by atoms with Crippen LogP contribution >= 0.6 is 0 Å². The summed E-state index contributed by atoms with van der Waals surface area (Å²) in [6.07, 6.45) is 1.53. The van der Waals surface area contributed by atoms with E-state index in [1.165, 1.54) is 13.1 Å². The average Bonchev–Trinajstić information content (AvgIpc) is 2.91. The normalized spacial score (nSPS) is 14.1. The minimum Gasteiger partial charge on any atom is -0.310 e. The van der Waals surface area contributed by atoms with Crippen molar-refractivity contribution in [3.05, 3.63) is 65.5 Å². The van der Waals surface area contributed by atoms with E-state index in [0.29, 0.717) is 11.7 Å². The Balaban J connectivity index is 1.86. The molecule has 7 nitrogen and oxygen atoms in total. The SMILES string of the molecule is CC(=O)NC1=N/C(=N/NC(=O)c2ccccn2)c2ccccc21. The van der Waals surface area contributed by atoms with Crippen molar-refractivity contribution in [3.63, 3.8) is 0 Å². The Bertz CT molecular complexity index is 827. The van der Waals surface area contributed by atoms with E-state index in [1.54, 1.807) is 18.2 Å². The third kappa shape index (κ3) is 3.13. The molecule has 7 heteroatoms. The standard InChI is InChI=1S/C16H13N5O2/c1-10(22)18-14-11-6-2-3-7-12(11)15(19-14)20-21-16(23)13-8-4-5-9-17-13/h2-9H,1H3,(H,21,23)(H,18,19,20,22). The summed E-state index contributed by atoms with van der Waals surface area (Å²) < 4.78 is 0. The molecule has 0 saturated heterocycles. The Hall–Kier alpha value is -3.35. The summed E-state index contributed by atoms with van der Waals surface area (Å²) in [5, 5.41) is 6.69. The van der Waals surface area contributed by atoms with Gasteiger partial charge in [0.15, 0.2) is 5.84 Å². The second-order valence-electron chi connectivity index (χ2n) is 4.78. The molecule has 1 aromatic carbocycles. The summed E-state index contributed by atoms with van der Waals surface area (Å²) in [5.74, 6) is 0.0867. The van der Waals surface area contributed by atoms with Crippen LogP contribution in [-0.4, -0.2) is 28.5 Å². The summed E-state index contributed by atoms with van der Waals surface area (Å²) in [7, 11) is 0. The van der Waals surface area contributed by atoms with Gasteiger partial charge in [-0.3, -0.25) is 14.6 Å². The number of rotatable bonds is 2. The van der Waals surface area contributed by atoms with E-state index in [4.69, 9.17) is 0 Å². The number of nitrogens with zero attached hydrogens (tertiary/aromatic N) is 3. The first-order valence-electron chi connectivity index (χ1n) is 6.90. The van der Waals surface area contributed by atoms with Crippen LogP contribution in [0.4, 0.5) is 0 Å². The van der Waals surface area contributed by atoms with Gasteiger partial charge in [-0.15, -0.1) is 0 Å². The maximum Gasteiger partial charge on any atom is 0.290 e. The number of aliphatic imine (C=N–C) groups is 1. The Kier molecular flexibility index (Phi) is 3.92. The van der Waals surface area contributed by atoms with Crippen LogP contribution in [0.5, 0.6) is 0 Å². The molecule has 0 bridgehead atoms. The highest BCUT2D eigenvalue weighted by Crippen LogP contribution is 2.18. The predicted molar refractivity (Wildman–Crippen MR) is 85.0 cm³/mol. The number of hydrogen-bond acceptors (Lipinski definition) is 4. The van der Waals surface area contributed by atoms with Crippen molar-refractivity contribution in [3.8, 4) is 0 Å². The molecule has 1 aromatic heterocycles. The van der Waals surface area contributed by atoms with Gasteiger partial charge in [-0.1, -0.05) is 30.3 Å². The van der Waals surface area contributed by atoms with Crippen molar-refractivity contribution in [1.29, 1.82) is 0 Å². The number of carbonyl (C=O) groups is 2. The Morgan fingerprint density at radius 1 is 1.04 bits per heavy atom. The van der Waals surface area contributed by atoms with E-state index in [1.807, 2.05) is 24.3 Å². The molecule has 3 rings (SSSR count). The minimum absolute atomic E-state index is 0.225. The van der Waals surface area contributed by atoms with E-state index in [2.05, 4.69) is 25.8 Å². The Morgan fingerprint density at radius 3 is 2.48 bits per heavy atom. The molecule has 114 valence electrons. The molecule has 0 fully saturated rings. The summed E-state index contributed by atoms with van der Waals surface area (Å²) in [6.45, 7) is 1.41. The van der Waals surface area contributed by atoms with Crippen molar-refractivity contribution < 1.29 is 9.59 Å². The third-order valence-corrected chi connectivity index (χ3v) is 3.10. The second kappa shape index (κ2) is 6.18. The van der Waals surface area contributed by atoms with Gasteiger partial charge in [0.05, 0.1) is 0 Å². The second-order valence-corrected chi connectivity index (χ2v) is 4.78. The molecule has 2 amide bonds. The lowest BCUT2D eigenvalue weighted by Crippen LogP contribution is -2.27. The maximum atomic E-state index is 12.0. The molecule has 2 aromatic rings. The smallest absolute Gasteiger partial charge is 0.290 e. The van der Waals surface area contributed by atoms with Crippen molar-refractivity contribution >= 4 is 23.5 Å². The summed E-state index contributed by atoms with van der Waals surface area (Å²) in [5.41, 5.74) is 4.17. The van der Waals surface area contributed by atoms with Gasteiger partial charge in [0.1, 0.15) is 11.5 Å². The van der Waals surface area contributed by atoms with E-state index < -0.39 is 5.91 Å². The molecule has 1 aliphatic rings. The molecular weight excluding hydrogens is 294 g/mol. The lowest BCUT2D eigenvalue weighted by atomic mass is 10.1. The fourth-order valence-electron chi connectivity index (χ4n) is 2.12. The molecule has 2 heterocycles. The molecule has 2 N–H and O–H groups in total. The molecule has 0 atom stereocenters. The van der Waals surface area contributed by atoms with E-state index in [0.717, 1.165) is 11.1 Å².